The van der Waals surface area contributed by atoms with Crippen LogP contribution >= 0.6 is 0 Å². The van der Waals surface area contributed by atoms with Crippen LogP contribution in [-0.2, 0) is 4.74 Å². The van der Waals surface area contributed by atoms with Gasteiger partial charge in [-0.25, -0.2) is 0 Å². The van der Waals surface area contributed by atoms with E-state index in [9.17, 15) is 5.11 Å². The molecule has 1 saturated heterocycles. The molecule has 126 valence electrons. The van der Waals surface area contributed by atoms with Crippen molar-refractivity contribution in [3.63, 3.8) is 0 Å². The van der Waals surface area contributed by atoms with Gasteiger partial charge in [0.05, 0.1) is 32.3 Å². The molecular formula is C19H34NO2+. The predicted molar refractivity (Wildman–Crippen MR) is 87.5 cm³/mol. The standard InChI is InChI=1S/C19H34NO2/c1-20(5-3-2-4-6-20)13-18(21)14-22-19-10-15-7-16(11-19)9-17(8-15)12-19/h15-18,21H,2-14H2,1H3/q+1/t15?,16?,17?,18-,19?/m1/s1. The van der Waals surface area contributed by atoms with Crippen molar-refractivity contribution in [1.82, 2.24) is 0 Å². The summed E-state index contributed by atoms with van der Waals surface area (Å²) in [6, 6.07) is 0. The molecule has 4 saturated carbocycles. The van der Waals surface area contributed by atoms with Gasteiger partial charge in [0.15, 0.2) is 0 Å². The summed E-state index contributed by atoms with van der Waals surface area (Å²) in [5.41, 5.74) is 0.149. The Labute approximate surface area is 135 Å². The molecule has 0 spiro atoms. The minimum absolute atomic E-state index is 0.149. The molecule has 1 N–H and O–H groups in total. The summed E-state index contributed by atoms with van der Waals surface area (Å²) in [6.45, 7) is 3.91. The van der Waals surface area contributed by atoms with E-state index in [0.29, 0.717) is 6.61 Å². The molecule has 0 unspecified atom stereocenters. The van der Waals surface area contributed by atoms with E-state index in [4.69, 9.17) is 4.74 Å². The van der Waals surface area contributed by atoms with Crippen molar-refractivity contribution in [1.29, 1.82) is 0 Å². The normalized spacial score (nSPS) is 44.2. The first-order chi connectivity index (χ1) is 10.5. The Morgan fingerprint density at radius 1 is 1.00 bits per heavy atom. The maximum atomic E-state index is 10.5. The van der Waals surface area contributed by atoms with Gasteiger partial charge in [-0.05, 0) is 75.5 Å². The van der Waals surface area contributed by atoms with Crippen LogP contribution in [0.4, 0.5) is 0 Å². The molecule has 1 aliphatic heterocycles. The van der Waals surface area contributed by atoms with Crippen LogP contribution in [0.3, 0.4) is 0 Å². The highest BCUT2D eigenvalue weighted by Gasteiger charge is 2.51. The first-order valence-corrected chi connectivity index (χ1v) is 9.70. The Morgan fingerprint density at radius 3 is 2.09 bits per heavy atom. The Kier molecular flexibility index (Phi) is 4.03. The molecule has 0 amide bonds. The molecule has 0 aromatic carbocycles. The number of hydrogen-bond donors (Lipinski definition) is 1. The third-order valence-electron chi connectivity index (χ3n) is 7.11. The third kappa shape index (κ3) is 3.09. The van der Waals surface area contributed by atoms with Gasteiger partial charge in [-0.3, -0.25) is 0 Å². The average Bonchev–Trinajstić information content (AvgIpc) is 2.44. The maximum Gasteiger partial charge on any atom is 0.126 e. The molecule has 3 heteroatoms. The largest absolute Gasteiger partial charge is 0.385 e. The molecule has 4 bridgehead atoms. The van der Waals surface area contributed by atoms with E-state index in [1.54, 1.807) is 0 Å². The second kappa shape index (κ2) is 5.75. The third-order valence-corrected chi connectivity index (χ3v) is 7.11. The number of likely N-dealkylation sites (tertiary alicyclic amines) is 1. The smallest absolute Gasteiger partial charge is 0.126 e. The van der Waals surface area contributed by atoms with Crippen molar-refractivity contribution in [2.75, 3.05) is 33.3 Å². The molecule has 0 radical (unpaired) electrons. The van der Waals surface area contributed by atoms with Crippen LogP contribution in [0.5, 0.6) is 0 Å². The lowest BCUT2D eigenvalue weighted by Gasteiger charge is -2.56. The van der Waals surface area contributed by atoms with Gasteiger partial charge < -0.3 is 14.3 Å². The molecule has 3 nitrogen and oxygen atoms in total. The molecule has 1 heterocycles. The zero-order chi connectivity index (χ0) is 15.2. The molecular weight excluding hydrogens is 274 g/mol. The Balaban J connectivity index is 1.30. The summed E-state index contributed by atoms with van der Waals surface area (Å²) in [5.74, 6) is 2.78. The zero-order valence-electron chi connectivity index (χ0n) is 14.3. The molecule has 5 aliphatic rings. The summed E-state index contributed by atoms with van der Waals surface area (Å²) in [7, 11) is 2.31. The molecule has 4 aliphatic carbocycles. The summed E-state index contributed by atoms with van der Waals surface area (Å²) < 4.78 is 7.48. The Morgan fingerprint density at radius 2 is 1.55 bits per heavy atom. The van der Waals surface area contributed by atoms with Crippen molar-refractivity contribution in [3.8, 4) is 0 Å². The van der Waals surface area contributed by atoms with Gasteiger partial charge in [-0.1, -0.05) is 0 Å². The van der Waals surface area contributed by atoms with Crippen molar-refractivity contribution in [3.05, 3.63) is 0 Å². The van der Waals surface area contributed by atoms with E-state index >= 15 is 0 Å². The molecule has 5 fully saturated rings. The molecule has 5 rings (SSSR count). The van der Waals surface area contributed by atoms with Gasteiger partial charge in [-0.2, -0.15) is 0 Å². The van der Waals surface area contributed by atoms with Crippen LogP contribution in [-0.4, -0.2) is 54.6 Å². The zero-order valence-corrected chi connectivity index (χ0v) is 14.3. The summed E-state index contributed by atoms with van der Waals surface area (Å²) in [4.78, 5) is 0. The summed E-state index contributed by atoms with van der Waals surface area (Å²) in [6.07, 6.45) is 11.9. The maximum absolute atomic E-state index is 10.5. The SMILES string of the molecule is C[N+]1(C[C@@H](O)COC23CC4CC(CC(C4)C2)C3)CCCCC1. The second-order valence-corrected chi connectivity index (χ2v) is 9.38. The predicted octanol–water partition coefficient (Wildman–Crippen LogP) is 2.96. The van der Waals surface area contributed by atoms with E-state index in [2.05, 4.69) is 7.05 Å². The van der Waals surface area contributed by atoms with Crippen LogP contribution in [0.1, 0.15) is 57.8 Å². The number of piperidine rings is 1. The van der Waals surface area contributed by atoms with Gasteiger partial charge in [0.25, 0.3) is 0 Å². The van der Waals surface area contributed by atoms with Crippen molar-refractivity contribution in [2.45, 2.75) is 69.5 Å². The molecule has 0 aromatic heterocycles. The lowest BCUT2D eigenvalue weighted by molar-refractivity contribution is -0.916. The number of hydrogen-bond acceptors (Lipinski definition) is 2. The van der Waals surface area contributed by atoms with Crippen molar-refractivity contribution < 1.29 is 14.3 Å². The van der Waals surface area contributed by atoms with E-state index in [1.807, 2.05) is 0 Å². The van der Waals surface area contributed by atoms with E-state index in [0.717, 1.165) is 28.8 Å². The highest BCUT2D eigenvalue weighted by Crippen LogP contribution is 2.57. The van der Waals surface area contributed by atoms with Gasteiger partial charge >= 0.3 is 0 Å². The number of ether oxygens (including phenoxy) is 1. The number of rotatable bonds is 5. The lowest BCUT2D eigenvalue weighted by Crippen LogP contribution is -2.55. The second-order valence-electron chi connectivity index (χ2n) is 9.38. The number of quaternary nitrogens is 1. The van der Waals surface area contributed by atoms with Crippen LogP contribution in [0.2, 0.25) is 0 Å². The van der Waals surface area contributed by atoms with Crippen molar-refractivity contribution in [2.24, 2.45) is 17.8 Å². The fourth-order valence-electron chi connectivity index (χ4n) is 6.50. The summed E-state index contributed by atoms with van der Waals surface area (Å²) in [5, 5.41) is 10.5. The highest BCUT2D eigenvalue weighted by molar-refractivity contribution is 5.03. The monoisotopic (exact) mass is 308 g/mol. The lowest BCUT2D eigenvalue weighted by atomic mass is 9.54. The first kappa shape index (κ1) is 15.4. The molecule has 22 heavy (non-hydrogen) atoms. The average molecular weight is 308 g/mol. The summed E-state index contributed by atoms with van der Waals surface area (Å²) >= 11 is 0. The van der Waals surface area contributed by atoms with Crippen LogP contribution in [0, 0.1) is 17.8 Å². The van der Waals surface area contributed by atoms with Crippen LogP contribution in [0.15, 0.2) is 0 Å². The van der Waals surface area contributed by atoms with Gasteiger partial charge in [0.2, 0.25) is 0 Å². The Hall–Kier alpha value is -0.120. The van der Waals surface area contributed by atoms with Gasteiger partial charge in [-0.15, -0.1) is 0 Å². The van der Waals surface area contributed by atoms with E-state index < -0.39 is 0 Å². The van der Waals surface area contributed by atoms with Crippen molar-refractivity contribution >= 4 is 0 Å². The molecule has 0 aromatic rings. The molecule has 1 atom stereocenters. The first-order valence-electron chi connectivity index (χ1n) is 9.70. The van der Waals surface area contributed by atoms with Crippen LogP contribution < -0.4 is 0 Å². The highest BCUT2D eigenvalue weighted by atomic mass is 16.5. The van der Waals surface area contributed by atoms with E-state index in [-0.39, 0.29) is 11.7 Å². The van der Waals surface area contributed by atoms with Crippen LogP contribution in [0.25, 0.3) is 0 Å². The number of likely N-dealkylation sites (N-methyl/N-ethyl adjacent to an activating group) is 1. The quantitative estimate of drug-likeness (QED) is 0.791. The number of aliphatic hydroxyl groups excluding tert-OH is 1. The minimum atomic E-state index is -0.281. The number of aliphatic hydroxyl groups is 1. The number of nitrogens with zero attached hydrogens (tertiary/aromatic N) is 1. The topological polar surface area (TPSA) is 29.5 Å². The minimum Gasteiger partial charge on any atom is -0.385 e. The van der Waals surface area contributed by atoms with Gasteiger partial charge in [0.1, 0.15) is 12.6 Å². The Bertz CT molecular complexity index is 367. The van der Waals surface area contributed by atoms with E-state index in [1.165, 1.54) is 70.9 Å². The fourth-order valence-corrected chi connectivity index (χ4v) is 6.50. The van der Waals surface area contributed by atoms with Gasteiger partial charge in [0, 0.05) is 0 Å². The fraction of sp³-hybridized carbons (Fsp3) is 1.00.